The van der Waals surface area contributed by atoms with Gasteiger partial charge < -0.3 is 0 Å². The zero-order valence-corrected chi connectivity index (χ0v) is 10.6. The zero-order valence-electron chi connectivity index (χ0n) is 10.6. The van der Waals surface area contributed by atoms with Crippen LogP contribution < -0.4 is 0 Å². The summed E-state index contributed by atoms with van der Waals surface area (Å²) in [7, 11) is 0. The second-order valence-corrected chi connectivity index (χ2v) is 4.43. The number of halogens is 9. The van der Waals surface area contributed by atoms with Crippen LogP contribution in [-0.4, -0.2) is 24.8 Å². The molecule has 0 aliphatic carbocycles. The average Bonchev–Trinajstić information content (AvgIpc) is 2.23. The van der Waals surface area contributed by atoms with Crippen molar-refractivity contribution in [2.24, 2.45) is 0 Å². The first-order valence-electron chi connectivity index (χ1n) is 5.46. The van der Waals surface area contributed by atoms with Gasteiger partial charge in [0.05, 0.1) is 0 Å². The maximum Gasteiger partial charge on any atom is 0.416 e. The normalized spacial score (nSPS) is 14.1. The Morgan fingerprint density at radius 3 is 1.50 bits per heavy atom. The molecule has 0 saturated carbocycles. The van der Waals surface area contributed by atoms with Gasteiger partial charge >= 0.3 is 18.5 Å². The van der Waals surface area contributed by atoms with E-state index in [1.54, 1.807) is 0 Å². The number of carbonyl (C=O) groups excluding carboxylic acids is 1. The van der Waals surface area contributed by atoms with Crippen LogP contribution in [-0.2, 0) is 5.41 Å². The van der Waals surface area contributed by atoms with Crippen LogP contribution in [0.2, 0.25) is 0 Å². The predicted molar refractivity (Wildman–Crippen MR) is 56.4 cm³/mol. The van der Waals surface area contributed by atoms with E-state index in [1.165, 1.54) is 0 Å². The molecule has 1 aromatic rings. The molecule has 10 heteroatoms. The van der Waals surface area contributed by atoms with E-state index >= 15 is 0 Å². The van der Waals surface area contributed by atoms with Crippen LogP contribution in [0.4, 0.5) is 39.5 Å². The van der Waals surface area contributed by atoms with Crippen LogP contribution in [0.3, 0.4) is 0 Å². The third kappa shape index (κ3) is 2.54. The van der Waals surface area contributed by atoms with Crippen molar-refractivity contribution < 1.29 is 44.3 Å². The summed E-state index contributed by atoms with van der Waals surface area (Å²) >= 11 is 0. The fourth-order valence-electron chi connectivity index (χ4n) is 2.01. The Labute approximate surface area is 117 Å². The van der Waals surface area contributed by atoms with Crippen LogP contribution >= 0.6 is 0 Å². The summed E-state index contributed by atoms with van der Waals surface area (Å²) in [6, 6.07) is 0.555. The lowest BCUT2D eigenvalue weighted by molar-refractivity contribution is -0.387. The maximum absolute atomic E-state index is 12.9. The molecular weight excluding hydrogens is 331 g/mol. The molecule has 0 fully saturated rings. The molecule has 1 nitrogen and oxygen atoms in total. The van der Waals surface area contributed by atoms with E-state index in [-0.39, 0.29) is 24.0 Å². The Morgan fingerprint density at radius 2 is 1.23 bits per heavy atom. The largest absolute Gasteiger partial charge is 0.416 e. The average molecular weight is 338 g/mol. The first kappa shape index (κ1) is 18.3. The monoisotopic (exact) mass is 338 g/mol. The molecule has 0 aliphatic heterocycles. The molecule has 22 heavy (non-hydrogen) atoms. The van der Waals surface area contributed by atoms with Gasteiger partial charge in [0, 0.05) is 5.56 Å². The summed E-state index contributed by atoms with van der Waals surface area (Å²) in [5, 5.41) is 0. The number of alkyl halides is 9. The van der Waals surface area contributed by atoms with E-state index in [4.69, 9.17) is 0 Å². The van der Waals surface area contributed by atoms with Gasteiger partial charge in [-0.25, -0.2) is 0 Å². The van der Waals surface area contributed by atoms with Crippen LogP contribution in [0.5, 0.6) is 0 Å². The van der Waals surface area contributed by atoms with E-state index in [0.717, 1.165) is 6.92 Å². The minimum Gasteiger partial charge on any atom is -0.298 e. The fraction of sp³-hybridized carbons (Fsp3) is 0.417. The number of aldehydes is 1. The third-order valence-corrected chi connectivity index (χ3v) is 3.11. The van der Waals surface area contributed by atoms with E-state index in [1.807, 2.05) is 0 Å². The van der Waals surface area contributed by atoms with Crippen LogP contribution in [0.15, 0.2) is 18.2 Å². The predicted octanol–water partition coefficient (Wildman–Crippen LogP) is 4.73. The molecule has 0 atom stereocenters. The van der Waals surface area contributed by atoms with Crippen molar-refractivity contribution in [2.75, 3.05) is 0 Å². The number of hydrogen-bond acceptors (Lipinski definition) is 1. The van der Waals surface area contributed by atoms with Crippen LogP contribution in [0.25, 0.3) is 0 Å². The third-order valence-electron chi connectivity index (χ3n) is 3.11. The van der Waals surface area contributed by atoms with Gasteiger partial charge in [0.25, 0.3) is 5.41 Å². The summed E-state index contributed by atoms with van der Waals surface area (Å²) in [4.78, 5) is 10.5. The minimum atomic E-state index is -6.67. The highest BCUT2D eigenvalue weighted by Crippen LogP contribution is 2.60. The van der Waals surface area contributed by atoms with Crippen LogP contribution in [0, 0.1) is 6.92 Å². The number of benzene rings is 1. The van der Waals surface area contributed by atoms with Gasteiger partial charge in [-0.1, -0.05) is 18.2 Å². The second-order valence-electron chi connectivity index (χ2n) is 4.43. The zero-order chi connectivity index (χ0) is 17.6. The molecule has 0 saturated heterocycles. The summed E-state index contributed by atoms with van der Waals surface area (Å²) in [5.41, 5.74) is -8.82. The molecule has 0 amide bonds. The number of carbonyl (C=O) groups is 1. The lowest BCUT2D eigenvalue weighted by Crippen LogP contribution is -2.63. The fourth-order valence-corrected chi connectivity index (χ4v) is 2.01. The van der Waals surface area contributed by atoms with Gasteiger partial charge in [0.1, 0.15) is 6.29 Å². The minimum absolute atomic E-state index is 0.00516. The molecule has 1 aromatic carbocycles. The van der Waals surface area contributed by atoms with Crippen molar-refractivity contribution in [1.29, 1.82) is 0 Å². The molecule has 124 valence electrons. The Hall–Kier alpha value is -1.74. The molecule has 1 rings (SSSR count). The summed E-state index contributed by atoms with van der Waals surface area (Å²) in [5.74, 6) is 0. The van der Waals surface area contributed by atoms with Gasteiger partial charge in [0.15, 0.2) is 0 Å². The Balaban J connectivity index is 3.87. The Morgan fingerprint density at radius 1 is 0.818 bits per heavy atom. The first-order chi connectivity index (χ1) is 9.70. The summed E-state index contributed by atoms with van der Waals surface area (Å²) < 4.78 is 116. The highest BCUT2D eigenvalue weighted by Gasteiger charge is 2.84. The van der Waals surface area contributed by atoms with E-state index < -0.39 is 35.1 Å². The SMILES string of the molecule is Cc1cc(C(C(F)(F)F)(C(F)(F)F)C(F)(F)F)ccc1C=O. The molecule has 0 unspecified atom stereocenters. The topological polar surface area (TPSA) is 17.1 Å². The van der Waals surface area contributed by atoms with Gasteiger partial charge in [-0.05, 0) is 18.1 Å². The highest BCUT2D eigenvalue weighted by molar-refractivity contribution is 5.77. The first-order valence-corrected chi connectivity index (χ1v) is 5.46. The van der Waals surface area contributed by atoms with Crippen molar-refractivity contribution in [2.45, 2.75) is 30.9 Å². The van der Waals surface area contributed by atoms with E-state index in [0.29, 0.717) is 6.07 Å². The van der Waals surface area contributed by atoms with Gasteiger partial charge in [-0.15, -0.1) is 0 Å². The molecular formula is C12H7F9O. The molecule has 0 spiro atoms. The highest BCUT2D eigenvalue weighted by atomic mass is 19.4. The Kier molecular flexibility index (Phi) is 4.30. The number of aryl methyl sites for hydroxylation is 1. The van der Waals surface area contributed by atoms with Crippen molar-refractivity contribution in [1.82, 2.24) is 0 Å². The van der Waals surface area contributed by atoms with Gasteiger partial charge in [-0.2, -0.15) is 39.5 Å². The second kappa shape index (κ2) is 5.17. The summed E-state index contributed by atoms with van der Waals surface area (Å²) in [6.07, 6.45) is -19.9. The van der Waals surface area contributed by atoms with Crippen molar-refractivity contribution in [3.63, 3.8) is 0 Å². The van der Waals surface area contributed by atoms with Crippen LogP contribution in [0.1, 0.15) is 21.5 Å². The van der Waals surface area contributed by atoms with Crippen molar-refractivity contribution >= 4 is 6.29 Å². The van der Waals surface area contributed by atoms with Crippen molar-refractivity contribution in [3.8, 4) is 0 Å². The lowest BCUT2D eigenvalue weighted by atomic mass is 9.77. The van der Waals surface area contributed by atoms with E-state index in [9.17, 15) is 44.3 Å². The quantitative estimate of drug-likeness (QED) is 0.563. The van der Waals surface area contributed by atoms with E-state index in [2.05, 4.69) is 0 Å². The lowest BCUT2D eigenvalue weighted by Gasteiger charge is -2.39. The maximum atomic E-state index is 12.9. The molecule has 0 aliphatic rings. The summed E-state index contributed by atoms with van der Waals surface area (Å²) in [6.45, 7) is 0.932. The van der Waals surface area contributed by atoms with Gasteiger partial charge in [0.2, 0.25) is 0 Å². The molecule has 0 bridgehead atoms. The van der Waals surface area contributed by atoms with Crippen molar-refractivity contribution in [3.05, 3.63) is 34.9 Å². The smallest absolute Gasteiger partial charge is 0.298 e. The Bertz CT molecular complexity index is 529. The molecule has 0 radical (unpaired) electrons. The molecule has 0 heterocycles. The number of hydrogen-bond donors (Lipinski definition) is 0. The standard InChI is InChI=1S/C12H7F9O/c1-6-4-8(3-2-7(6)5-22)9(10(13,14)15,11(16,17)18)12(19,20)21/h2-5H,1H3. The molecule has 0 N–H and O–H groups in total. The van der Waals surface area contributed by atoms with Gasteiger partial charge in [-0.3, -0.25) is 4.79 Å². The molecule has 0 aromatic heterocycles. The number of rotatable bonds is 2.